The molecule has 2 aromatic heterocycles. The third-order valence-corrected chi connectivity index (χ3v) is 5.28. The maximum absolute atomic E-state index is 13.5. The largest absolute Gasteiger partial charge is 0.416 e. The molecule has 13 heteroatoms. The maximum atomic E-state index is 13.5. The van der Waals surface area contributed by atoms with Crippen molar-refractivity contribution in [1.82, 2.24) is 19.5 Å². The number of alkyl halides is 3. The molecule has 0 saturated heterocycles. The van der Waals surface area contributed by atoms with Gasteiger partial charge in [-0.2, -0.15) is 13.2 Å². The number of hydrogen-bond donors (Lipinski definition) is 1. The molecule has 0 aliphatic heterocycles. The van der Waals surface area contributed by atoms with E-state index in [1.54, 1.807) is 27.7 Å². The van der Waals surface area contributed by atoms with Gasteiger partial charge < -0.3 is 24.1 Å². The molecule has 158 valence electrons. The number of nitrogens with zero attached hydrogens (tertiary/aromatic N) is 4. The van der Waals surface area contributed by atoms with Gasteiger partial charge in [-0.25, -0.2) is 15.0 Å². The van der Waals surface area contributed by atoms with Crippen molar-refractivity contribution in [2.75, 3.05) is 12.1 Å². The molecule has 0 fully saturated rings. The number of imidazole rings is 1. The lowest BCUT2D eigenvalue weighted by atomic mass is 10.3. The van der Waals surface area contributed by atoms with Gasteiger partial charge in [0.15, 0.2) is 17.6 Å². The highest BCUT2D eigenvalue weighted by Crippen LogP contribution is 2.51. The van der Waals surface area contributed by atoms with Gasteiger partial charge in [0.1, 0.15) is 18.2 Å². The Morgan fingerprint density at radius 1 is 1.14 bits per heavy atom. The van der Waals surface area contributed by atoms with Gasteiger partial charge in [-0.3, -0.25) is 4.57 Å². The number of ether oxygens (including phenoxy) is 1. The number of nitrogens with two attached hydrogens (primary N) is 1. The molecular weight excluding hydrogens is 402 g/mol. The Morgan fingerprint density at radius 3 is 2.29 bits per heavy atom. The van der Waals surface area contributed by atoms with E-state index in [-0.39, 0.29) is 17.0 Å². The van der Waals surface area contributed by atoms with Crippen LogP contribution in [-0.4, -0.2) is 50.4 Å². The topological polar surface area (TPSA) is 114 Å². The molecule has 2 aromatic rings. The summed E-state index contributed by atoms with van der Waals surface area (Å²) in [6.07, 6.45) is -6.63. The molecular formula is C15H23F3N5O4P. The second-order valence-corrected chi connectivity index (χ2v) is 8.47. The first-order chi connectivity index (χ1) is 12.9. The molecule has 0 saturated carbocycles. The standard InChI is InChI=1S/C15H23F3N5O4P/c1-9(2)26-28(24,27-10(3)4)8-25-11(15(16,17)18)5-23-7-22-12-13(19)20-6-21-14(12)23/h6-7,9-11H,5,8H2,1-4H3,(H2,19,20,21). The number of halogens is 3. The van der Waals surface area contributed by atoms with Crippen molar-refractivity contribution >= 4 is 24.6 Å². The fourth-order valence-electron chi connectivity index (χ4n) is 2.37. The van der Waals surface area contributed by atoms with Gasteiger partial charge in [0.05, 0.1) is 25.1 Å². The zero-order valence-corrected chi connectivity index (χ0v) is 16.8. The van der Waals surface area contributed by atoms with Crippen molar-refractivity contribution in [1.29, 1.82) is 0 Å². The van der Waals surface area contributed by atoms with Gasteiger partial charge in [-0.15, -0.1) is 0 Å². The van der Waals surface area contributed by atoms with E-state index in [4.69, 9.17) is 19.5 Å². The average molecular weight is 425 g/mol. The molecule has 0 radical (unpaired) electrons. The number of fused-ring (bicyclic) bond motifs is 1. The molecule has 1 atom stereocenters. The molecule has 9 nitrogen and oxygen atoms in total. The van der Waals surface area contributed by atoms with Crippen molar-refractivity contribution in [2.45, 2.75) is 58.7 Å². The molecule has 2 N–H and O–H groups in total. The second-order valence-electron chi connectivity index (χ2n) is 6.57. The summed E-state index contributed by atoms with van der Waals surface area (Å²) in [7, 11) is -3.89. The molecule has 0 aromatic carbocycles. The highest BCUT2D eigenvalue weighted by molar-refractivity contribution is 7.53. The summed E-state index contributed by atoms with van der Waals surface area (Å²) >= 11 is 0. The van der Waals surface area contributed by atoms with Crippen LogP contribution < -0.4 is 5.73 Å². The van der Waals surface area contributed by atoms with Gasteiger partial charge in [-0.1, -0.05) is 0 Å². The van der Waals surface area contributed by atoms with Gasteiger partial charge >= 0.3 is 13.8 Å². The fraction of sp³-hybridized carbons (Fsp3) is 0.667. The third kappa shape index (κ3) is 5.87. The van der Waals surface area contributed by atoms with E-state index in [0.29, 0.717) is 0 Å². The van der Waals surface area contributed by atoms with Crippen LogP contribution in [0.5, 0.6) is 0 Å². The lowest BCUT2D eigenvalue weighted by Crippen LogP contribution is -2.36. The van der Waals surface area contributed by atoms with Crippen molar-refractivity contribution < 1.29 is 31.5 Å². The van der Waals surface area contributed by atoms with Crippen LogP contribution in [0.15, 0.2) is 12.7 Å². The quantitative estimate of drug-likeness (QED) is 0.609. The summed E-state index contributed by atoms with van der Waals surface area (Å²) in [5.41, 5.74) is 5.96. The van der Waals surface area contributed by atoms with Crippen LogP contribution >= 0.6 is 7.60 Å². The molecule has 0 amide bonds. The zero-order chi connectivity index (χ0) is 21.1. The Balaban J connectivity index is 2.21. The van der Waals surface area contributed by atoms with Crippen LogP contribution in [0.3, 0.4) is 0 Å². The lowest BCUT2D eigenvalue weighted by molar-refractivity contribution is -0.219. The number of nitrogen functional groups attached to an aromatic ring is 1. The summed E-state index contributed by atoms with van der Waals surface area (Å²) in [6, 6.07) is 0. The van der Waals surface area contributed by atoms with E-state index >= 15 is 0 Å². The van der Waals surface area contributed by atoms with Gasteiger partial charge in [0.2, 0.25) is 0 Å². The zero-order valence-electron chi connectivity index (χ0n) is 15.9. The summed E-state index contributed by atoms with van der Waals surface area (Å²) < 4.78 is 69.8. The molecule has 2 heterocycles. The van der Waals surface area contributed by atoms with Gasteiger partial charge in [0.25, 0.3) is 0 Å². The number of rotatable bonds is 9. The number of anilines is 1. The minimum absolute atomic E-state index is 0.0494. The van der Waals surface area contributed by atoms with E-state index in [0.717, 1.165) is 17.2 Å². The van der Waals surface area contributed by atoms with E-state index in [1.165, 1.54) is 0 Å². The van der Waals surface area contributed by atoms with Crippen molar-refractivity contribution in [3.63, 3.8) is 0 Å². The Kier molecular flexibility index (Phi) is 7.02. The van der Waals surface area contributed by atoms with Gasteiger partial charge in [-0.05, 0) is 27.7 Å². The summed E-state index contributed by atoms with van der Waals surface area (Å²) in [6.45, 7) is 5.72. The summed E-state index contributed by atoms with van der Waals surface area (Å²) in [5.74, 6) is 0.0494. The molecule has 2 rings (SSSR count). The van der Waals surface area contributed by atoms with Crippen LogP contribution in [-0.2, 0) is 24.9 Å². The van der Waals surface area contributed by atoms with E-state index in [1.807, 2.05) is 0 Å². The Morgan fingerprint density at radius 2 is 1.75 bits per heavy atom. The molecule has 0 aliphatic rings. The Bertz CT molecular complexity index is 829. The third-order valence-electron chi connectivity index (χ3n) is 3.33. The first-order valence-electron chi connectivity index (χ1n) is 8.47. The number of hydrogen-bond acceptors (Lipinski definition) is 8. The highest BCUT2D eigenvalue weighted by Gasteiger charge is 2.43. The fourth-order valence-corrected chi connectivity index (χ4v) is 4.19. The first-order valence-corrected chi connectivity index (χ1v) is 10.2. The van der Waals surface area contributed by atoms with Crippen LogP contribution in [0, 0.1) is 0 Å². The molecule has 1 unspecified atom stereocenters. The maximum Gasteiger partial charge on any atom is 0.416 e. The number of aromatic nitrogens is 4. The Hall–Kier alpha value is -1.75. The van der Waals surface area contributed by atoms with Crippen LogP contribution in [0.25, 0.3) is 11.2 Å². The van der Waals surface area contributed by atoms with Crippen molar-refractivity contribution in [3.8, 4) is 0 Å². The lowest BCUT2D eigenvalue weighted by Gasteiger charge is -2.26. The molecule has 0 bridgehead atoms. The van der Waals surface area contributed by atoms with Gasteiger partial charge in [0, 0.05) is 0 Å². The van der Waals surface area contributed by atoms with Crippen molar-refractivity contribution in [3.05, 3.63) is 12.7 Å². The summed E-state index contributed by atoms with van der Waals surface area (Å²) in [5, 5.41) is 0. The van der Waals surface area contributed by atoms with Crippen molar-refractivity contribution in [2.24, 2.45) is 0 Å². The van der Waals surface area contributed by atoms with E-state index in [9.17, 15) is 17.7 Å². The van der Waals surface area contributed by atoms with E-state index < -0.39 is 45.0 Å². The summed E-state index contributed by atoms with van der Waals surface area (Å²) in [4.78, 5) is 11.6. The predicted octanol–water partition coefficient (Wildman–Crippen LogP) is 3.36. The Labute approximate surface area is 159 Å². The van der Waals surface area contributed by atoms with Crippen LogP contribution in [0.4, 0.5) is 19.0 Å². The van der Waals surface area contributed by atoms with E-state index in [2.05, 4.69) is 15.0 Å². The van der Waals surface area contributed by atoms with Crippen LogP contribution in [0.1, 0.15) is 27.7 Å². The highest BCUT2D eigenvalue weighted by atomic mass is 31.2. The smallest absolute Gasteiger partial charge is 0.382 e. The SMILES string of the molecule is CC(C)OP(=O)(COC(Cn1cnc2c(N)ncnc21)C(F)(F)F)OC(C)C. The first kappa shape index (κ1) is 22.5. The average Bonchev–Trinajstić information content (AvgIpc) is 2.93. The minimum atomic E-state index is -4.74. The minimum Gasteiger partial charge on any atom is -0.382 e. The second kappa shape index (κ2) is 8.73. The predicted molar refractivity (Wildman–Crippen MR) is 95.6 cm³/mol. The monoisotopic (exact) mass is 425 g/mol. The molecule has 0 aliphatic carbocycles. The molecule has 28 heavy (non-hydrogen) atoms. The van der Waals surface area contributed by atoms with Crippen LogP contribution in [0.2, 0.25) is 0 Å². The molecule has 0 spiro atoms. The normalized spacial score (nSPS) is 14.3.